The number of rotatable bonds is 6. The fourth-order valence-electron chi connectivity index (χ4n) is 2.20. The molecule has 0 heterocycles. The van der Waals surface area contributed by atoms with Gasteiger partial charge in [-0.3, -0.25) is 0 Å². The molecule has 2 rings (SSSR count). The van der Waals surface area contributed by atoms with Gasteiger partial charge in [-0.25, -0.2) is 0 Å². The van der Waals surface area contributed by atoms with Gasteiger partial charge in [0.1, 0.15) is 0 Å². The van der Waals surface area contributed by atoms with E-state index in [9.17, 15) is 0 Å². The second-order valence-corrected chi connectivity index (χ2v) is 4.56. The first-order valence-corrected chi connectivity index (χ1v) is 7.01. The van der Waals surface area contributed by atoms with Crippen LogP contribution in [-0.2, 0) is 0 Å². The molecule has 2 aromatic carbocycles. The van der Waals surface area contributed by atoms with Gasteiger partial charge in [0.15, 0.2) is 0 Å². The van der Waals surface area contributed by atoms with E-state index in [0.717, 1.165) is 19.5 Å². The number of benzene rings is 2. The van der Waals surface area contributed by atoms with E-state index in [1.807, 2.05) is 0 Å². The van der Waals surface area contributed by atoms with Gasteiger partial charge in [0, 0.05) is 30.2 Å². The molecule has 0 fully saturated rings. The largest absolute Gasteiger partial charge is 0.385 e. The predicted molar refractivity (Wildman–Crippen MR) is 84.3 cm³/mol. The number of nitrogens with one attached hydrogen (secondary N) is 1. The van der Waals surface area contributed by atoms with Crippen molar-refractivity contribution in [1.29, 1.82) is 0 Å². The van der Waals surface area contributed by atoms with Gasteiger partial charge in [0.2, 0.25) is 0 Å². The van der Waals surface area contributed by atoms with Gasteiger partial charge in [0.05, 0.1) is 0 Å². The Balaban J connectivity index is 2.24. The minimum atomic E-state index is 0.955. The predicted octanol–water partition coefficient (Wildman–Crippen LogP) is 4.67. The van der Waals surface area contributed by atoms with Crippen molar-refractivity contribution in [1.82, 2.24) is 0 Å². The standard InChI is InChI=1S/C17H22N2/c1-3-14-19(16-8-6-5-7-9-16)17-12-10-15(11-13-17)18-4-2/h5-13,18H,3-4,14H2,1-2H3. The zero-order chi connectivity index (χ0) is 13.5. The van der Waals surface area contributed by atoms with Gasteiger partial charge in [-0.05, 0) is 49.7 Å². The third kappa shape index (κ3) is 3.50. The highest BCUT2D eigenvalue weighted by atomic mass is 15.1. The molecule has 19 heavy (non-hydrogen) atoms. The third-order valence-corrected chi connectivity index (χ3v) is 3.07. The average Bonchev–Trinajstić information content (AvgIpc) is 2.47. The van der Waals surface area contributed by atoms with Crippen LogP contribution >= 0.6 is 0 Å². The molecule has 0 bridgehead atoms. The number of para-hydroxylation sites is 1. The highest BCUT2D eigenvalue weighted by Gasteiger charge is 2.07. The maximum absolute atomic E-state index is 3.33. The second kappa shape index (κ2) is 6.83. The smallest absolute Gasteiger partial charge is 0.0412 e. The monoisotopic (exact) mass is 254 g/mol. The van der Waals surface area contributed by atoms with Crippen molar-refractivity contribution in [2.75, 3.05) is 23.3 Å². The minimum absolute atomic E-state index is 0.955. The van der Waals surface area contributed by atoms with Crippen LogP contribution in [0.2, 0.25) is 0 Å². The van der Waals surface area contributed by atoms with E-state index >= 15 is 0 Å². The first-order valence-electron chi connectivity index (χ1n) is 7.01. The first-order chi connectivity index (χ1) is 9.35. The molecule has 0 saturated heterocycles. The lowest BCUT2D eigenvalue weighted by Gasteiger charge is -2.24. The number of anilines is 3. The SMILES string of the molecule is CCCN(c1ccccc1)c1ccc(NCC)cc1. The summed E-state index contributed by atoms with van der Waals surface area (Å²) in [6.07, 6.45) is 1.13. The van der Waals surface area contributed by atoms with Crippen molar-refractivity contribution >= 4 is 17.1 Å². The van der Waals surface area contributed by atoms with E-state index in [4.69, 9.17) is 0 Å². The Morgan fingerprint density at radius 1 is 0.842 bits per heavy atom. The van der Waals surface area contributed by atoms with Crippen molar-refractivity contribution in [3.8, 4) is 0 Å². The van der Waals surface area contributed by atoms with Crippen molar-refractivity contribution < 1.29 is 0 Å². The second-order valence-electron chi connectivity index (χ2n) is 4.56. The Morgan fingerprint density at radius 2 is 1.47 bits per heavy atom. The molecular weight excluding hydrogens is 232 g/mol. The summed E-state index contributed by atoms with van der Waals surface area (Å²) in [6, 6.07) is 19.2. The van der Waals surface area contributed by atoms with E-state index in [1.165, 1.54) is 17.1 Å². The minimum Gasteiger partial charge on any atom is -0.385 e. The van der Waals surface area contributed by atoms with Crippen LogP contribution in [0.15, 0.2) is 54.6 Å². The number of hydrogen-bond donors (Lipinski definition) is 1. The maximum atomic E-state index is 3.33. The highest BCUT2D eigenvalue weighted by molar-refractivity contribution is 5.65. The zero-order valence-corrected chi connectivity index (χ0v) is 11.8. The fraction of sp³-hybridized carbons (Fsp3) is 0.294. The molecule has 0 aliphatic carbocycles. The normalized spacial score (nSPS) is 10.2. The first kappa shape index (κ1) is 13.5. The molecule has 0 spiro atoms. The van der Waals surface area contributed by atoms with E-state index in [-0.39, 0.29) is 0 Å². The summed E-state index contributed by atoms with van der Waals surface area (Å²) in [6.45, 7) is 6.31. The molecule has 2 nitrogen and oxygen atoms in total. The summed E-state index contributed by atoms with van der Waals surface area (Å²) in [7, 11) is 0. The molecule has 100 valence electrons. The molecule has 0 radical (unpaired) electrons. The zero-order valence-electron chi connectivity index (χ0n) is 11.8. The lowest BCUT2D eigenvalue weighted by atomic mass is 10.2. The molecule has 0 aliphatic heterocycles. The van der Waals surface area contributed by atoms with Crippen LogP contribution in [0.1, 0.15) is 20.3 Å². The van der Waals surface area contributed by atoms with Crippen molar-refractivity contribution in [2.45, 2.75) is 20.3 Å². The Labute approximate surface area is 116 Å². The topological polar surface area (TPSA) is 15.3 Å². The molecular formula is C17H22N2. The van der Waals surface area contributed by atoms with Crippen molar-refractivity contribution in [3.05, 3.63) is 54.6 Å². The van der Waals surface area contributed by atoms with Gasteiger partial charge in [-0.15, -0.1) is 0 Å². The Morgan fingerprint density at radius 3 is 2.05 bits per heavy atom. The molecule has 0 unspecified atom stereocenters. The molecule has 0 saturated carbocycles. The lowest BCUT2D eigenvalue weighted by Crippen LogP contribution is -2.17. The van der Waals surface area contributed by atoms with E-state index in [2.05, 4.69) is 78.7 Å². The van der Waals surface area contributed by atoms with Crippen LogP contribution in [0.3, 0.4) is 0 Å². The summed E-state index contributed by atoms with van der Waals surface area (Å²) in [5.41, 5.74) is 3.67. The van der Waals surface area contributed by atoms with Gasteiger partial charge in [-0.1, -0.05) is 25.1 Å². The van der Waals surface area contributed by atoms with Gasteiger partial charge < -0.3 is 10.2 Å². The molecule has 2 aromatic rings. The fourth-order valence-corrected chi connectivity index (χ4v) is 2.20. The van der Waals surface area contributed by atoms with Gasteiger partial charge in [-0.2, -0.15) is 0 Å². The molecule has 0 amide bonds. The summed E-state index contributed by atoms with van der Waals surface area (Å²) >= 11 is 0. The van der Waals surface area contributed by atoms with Crippen molar-refractivity contribution in [2.24, 2.45) is 0 Å². The van der Waals surface area contributed by atoms with E-state index in [0.29, 0.717) is 0 Å². The summed E-state index contributed by atoms with van der Waals surface area (Å²) < 4.78 is 0. The van der Waals surface area contributed by atoms with Crippen LogP contribution in [0, 0.1) is 0 Å². The average molecular weight is 254 g/mol. The highest BCUT2D eigenvalue weighted by Crippen LogP contribution is 2.26. The molecule has 0 aromatic heterocycles. The quantitative estimate of drug-likeness (QED) is 0.806. The maximum Gasteiger partial charge on any atom is 0.0412 e. The van der Waals surface area contributed by atoms with Crippen LogP contribution in [0.25, 0.3) is 0 Å². The van der Waals surface area contributed by atoms with Crippen LogP contribution < -0.4 is 10.2 Å². The molecule has 2 heteroatoms. The Kier molecular flexibility index (Phi) is 4.85. The summed E-state index contributed by atoms with van der Waals surface area (Å²) in [5.74, 6) is 0. The van der Waals surface area contributed by atoms with Crippen LogP contribution in [0.5, 0.6) is 0 Å². The van der Waals surface area contributed by atoms with Crippen molar-refractivity contribution in [3.63, 3.8) is 0 Å². The van der Waals surface area contributed by atoms with Gasteiger partial charge >= 0.3 is 0 Å². The summed E-state index contributed by atoms with van der Waals surface area (Å²) in [5, 5.41) is 3.33. The lowest BCUT2D eigenvalue weighted by molar-refractivity contribution is 0.886. The van der Waals surface area contributed by atoms with E-state index < -0.39 is 0 Å². The van der Waals surface area contributed by atoms with Crippen LogP contribution in [0.4, 0.5) is 17.1 Å². The number of hydrogen-bond acceptors (Lipinski definition) is 2. The van der Waals surface area contributed by atoms with Crippen LogP contribution in [-0.4, -0.2) is 13.1 Å². The Hall–Kier alpha value is -1.96. The summed E-state index contributed by atoms with van der Waals surface area (Å²) in [4.78, 5) is 2.36. The van der Waals surface area contributed by atoms with E-state index in [1.54, 1.807) is 0 Å². The molecule has 0 atom stereocenters. The molecule has 0 aliphatic rings. The molecule has 1 N–H and O–H groups in total. The third-order valence-electron chi connectivity index (χ3n) is 3.07. The van der Waals surface area contributed by atoms with Gasteiger partial charge in [0.25, 0.3) is 0 Å². The Bertz CT molecular complexity index is 476. The number of nitrogens with zero attached hydrogens (tertiary/aromatic N) is 1.